The van der Waals surface area contributed by atoms with Gasteiger partial charge in [0.15, 0.2) is 0 Å². The molecule has 3 aliphatic heterocycles. The molecule has 3 aliphatic rings. The van der Waals surface area contributed by atoms with Gasteiger partial charge in [-0.3, -0.25) is 24.6 Å². The molecule has 6 heteroatoms. The minimum absolute atomic E-state index is 0.167. The van der Waals surface area contributed by atoms with E-state index in [0.717, 1.165) is 22.4 Å². The van der Waals surface area contributed by atoms with Crippen molar-refractivity contribution in [3.05, 3.63) is 102 Å². The Labute approximate surface area is 198 Å². The van der Waals surface area contributed by atoms with E-state index in [0.29, 0.717) is 6.54 Å². The van der Waals surface area contributed by atoms with Crippen molar-refractivity contribution in [2.45, 2.75) is 31.6 Å². The van der Waals surface area contributed by atoms with Crippen molar-refractivity contribution in [1.29, 1.82) is 0 Å². The number of carbonyl (C=O) groups excluding carboxylic acids is 3. The first-order chi connectivity index (χ1) is 16.5. The molecule has 3 amide bonds. The van der Waals surface area contributed by atoms with Gasteiger partial charge in [-0.1, -0.05) is 78.9 Å². The second kappa shape index (κ2) is 7.64. The summed E-state index contributed by atoms with van der Waals surface area (Å²) in [4.78, 5) is 44.6. The molecule has 0 bridgehead atoms. The molecule has 0 unspecified atom stereocenters. The van der Waals surface area contributed by atoms with Crippen molar-refractivity contribution < 1.29 is 14.4 Å². The zero-order chi connectivity index (χ0) is 23.4. The number of nitrogens with one attached hydrogen (secondary N) is 1. The molecule has 1 N–H and O–H groups in total. The van der Waals surface area contributed by atoms with Gasteiger partial charge in [-0.25, -0.2) is 0 Å². The van der Waals surface area contributed by atoms with Crippen LogP contribution in [0.15, 0.2) is 84.9 Å². The third-order valence-electron chi connectivity index (χ3n) is 7.47. The minimum atomic E-state index is -1.24. The molecule has 0 saturated carbocycles. The van der Waals surface area contributed by atoms with E-state index in [2.05, 4.69) is 5.32 Å². The zero-order valence-corrected chi connectivity index (χ0v) is 18.8. The summed E-state index contributed by atoms with van der Waals surface area (Å²) in [7, 11) is 0. The Hall–Kier alpha value is -3.77. The highest BCUT2D eigenvalue weighted by Gasteiger charge is 2.70. The monoisotopic (exact) mass is 451 g/mol. The van der Waals surface area contributed by atoms with E-state index in [1.54, 1.807) is 4.90 Å². The molecule has 34 heavy (non-hydrogen) atoms. The summed E-state index contributed by atoms with van der Waals surface area (Å²) in [5.41, 5.74) is 2.22. The van der Waals surface area contributed by atoms with Crippen LogP contribution >= 0.6 is 0 Å². The molecule has 2 saturated heterocycles. The number of para-hydroxylation sites is 1. The van der Waals surface area contributed by atoms with Crippen LogP contribution in [0.25, 0.3) is 0 Å². The molecule has 2 fully saturated rings. The number of benzene rings is 3. The lowest BCUT2D eigenvalue weighted by Crippen LogP contribution is -2.54. The van der Waals surface area contributed by atoms with E-state index in [9.17, 15) is 14.4 Å². The Kier molecular flexibility index (Phi) is 4.67. The van der Waals surface area contributed by atoms with Gasteiger partial charge < -0.3 is 4.90 Å². The predicted octanol–water partition coefficient (Wildman–Crippen LogP) is 3.22. The van der Waals surface area contributed by atoms with Gasteiger partial charge >= 0.3 is 0 Å². The van der Waals surface area contributed by atoms with Gasteiger partial charge in [-0.05, 0) is 24.1 Å². The van der Waals surface area contributed by atoms with Gasteiger partial charge in [0.25, 0.3) is 5.91 Å². The zero-order valence-electron chi connectivity index (χ0n) is 18.8. The summed E-state index contributed by atoms with van der Waals surface area (Å²) in [6.07, 6.45) is 0. The van der Waals surface area contributed by atoms with Crippen molar-refractivity contribution in [3.63, 3.8) is 0 Å². The van der Waals surface area contributed by atoms with Crippen molar-refractivity contribution in [2.24, 2.45) is 11.8 Å². The molecular formula is C28H25N3O3. The first-order valence-corrected chi connectivity index (χ1v) is 11.6. The Morgan fingerprint density at radius 2 is 1.29 bits per heavy atom. The third-order valence-corrected chi connectivity index (χ3v) is 7.47. The average Bonchev–Trinajstić information content (AvgIpc) is 3.40. The topological polar surface area (TPSA) is 69.7 Å². The molecule has 1 spiro atoms. The summed E-state index contributed by atoms with van der Waals surface area (Å²) in [6.45, 7) is 2.53. The molecule has 0 aliphatic carbocycles. The SMILES string of the molecule is C[C@H]1N[C@]2(C(=O)N(Cc3ccccc3)c3ccccc32)[C@@H]2C(=O)N(Cc3ccccc3)C(=O)[C@@H]21. The Morgan fingerprint density at radius 3 is 1.94 bits per heavy atom. The van der Waals surface area contributed by atoms with E-state index in [-0.39, 0.29) is 30.3 Å². The number of amides is 3. The van der Waals surface area contributed by atoms with Gasteiger partial charge in [0.1, 0.15) is 5.54 Å². The van der Waals surface area contributed by atoms with E-state index in [1.165, 1.54) is 4.90 Å². The average molecular weight is 452 g/mol. The van der Waals surface area contributed by atoms with Crippen LogP contribution in [0, 0.1) is 11.8 Å². The molecule has 3 aromatic rings. The summed E-state index contributed by atoms with van der Waals surface area (Å²) in [6, 6.07) is 26.6. The van der Waals surface area contributed by atoms with Crippen LogP contribution < -0.4 is 10.2 Å². The first-order valence-electron chi connectivity index (χ1n) is 11.6. The Morgan fingerprint density at radius 1 is 0.735 bits per heavy atom. The van der Waals surface area contributed by atoms with Crippen molar-refractivity contribution in [2.75, 3.05) is 4.90 Å². The first kappa shape index (κ1) is 20.8. The molecule has 0 radical (unpaired) electrons. The fraction of sp³-hybridized carbons (Fsp3) is 0.250. The molecule has 3 heterocycles. The summed E-state index contributed by atoms with van der Waals surface area (Å²) < 4.78 is 0. The maximum Gasteiger partial charge on any atom is 0.253 e. The van der Waals surface area contributed by atoms with Gasteiger partial charge in [0.2, 0.25) is 11.8 Å². The van der Waals surface area contributed by atoms with Crippen LogP contribution in [0.2, 0.25) is 0 Å². The smallest absolute Gasteiger partial charge is 0.253 e. The second-order valence-electron chi connectivity index (χ2n) is 9.39. The maximum absolute atomic E-state index is 14.2. The summed E-state index contributed by atoms with van der Waals surface area (Å²) in [5, 5.41) is 3.44. The van der Waals surface area contributed by atoms with Crippen molar-refractivity contribution >= 4 is 23.4 Å². The van der Waals surface area contributed by atoms with E-state index in [4.69, 9.17) is 0 Å². The lowest BCUT2D eigenvalue weighted by atomic mass is 9.76. The van der Waals surface area contributed by atoms with Crippen LogP contribution in [-0.2, 0) is 33.0 Å². The number of fused-ring (bicyclic) bond motifs is 4. The van der Waals surface area contributed by atoms with Crippen LogP contribution in [-0.4, -0.2) is 28.7 Å². The van der Waals surface area contributed by atoms with Crippen LogP contribution in [0.4, 0.5) is 5.69 Å². The highest BCUT2D eigenvalue weighted by atomic mass is 16.2. The summed E-state index contributed by atoms with van der Waals surface area (Å²) in [5.74, 6) is -2.00. The van der Waals surface area contributed by atoms with E-state index >= 15 is 0 Å². The van der Waals surface area contributed by atoms with E-state index in [1.807, 2.05) is 91.9 Å². The largest absolute Gasteiger partial charge is 0.306 e. The van der Waals surface area contributed by atoms with Crippen molar-refractivity contribution in [3.8, 4) is 0 Å². The van der Waals surface area contributed by atoms with Gasteiger partial charge in [0.05, 0.1) is 24.9 Å². The molecule has 170 valence electrons. The number of imide groups is 1. The minimum Gasteiger partial charge on any atom is -0.306 e. The van der Waals surface area contributed by atoms with E-state index < -0.39 is 17.4 Å². The van der Waals surface area contributed by atoms with Crippen LogP contribution in [0.1, 0.15) is 23.6 Å². The quantitative estimate of drug-likeness (QED) is 0.619. The highest BCUT2D eigenvalue weighted by Crippen LogP contribution is 2.54. The molecular weight excluding hydrogens is 426 g/mol. The number of likely N-dealkylation sites (tertiary alicyclic amines) is 1. The van der Waals surface area contributed by atoms with Gasteiger partial charge in [0, 0.05) is 17.3 Å². The fourth-order valence-electron chi connectivity index (χ4n) is 6.01. The number of hydrogen-bond donors (Lipinski definition) is 1. The molecule has 6 rings (SSSR count). The normalized spacial score (nSPS) is 27.6. The van der Waals surface area contributed by atoms with Gasteiger partial charge in [-0.2, -0.15) is 0 Å². The molecule has 3 aromatic carbocycles. The van der Waals surface area contributed by atoms with Gasteiger partial charge in [-0.15, -0.1) is 0 Å². The molecule has 4 atom stereocenters. The Balaban J connectivity index is 1.42. The Bertz CT molecular complexity index is 1290. The lowest BCUT2D eigenvalue weighted by Gasteiger charge is -2.30. The number of rotatable bonds is 4. The third kappa shape index (κ3) is 2.82. The van der Waals surface area contributed by atoms with Crippen LogP contribution in [0.5, 0.6) is 0 Å². The fourth-order valence-corrected chi connectivity index (χ4v) is 6.01. The standard InChI is InChI=1S/C28H25N3O3/c1-18-23-24(26(33)31(25(23)32)17-20-12-6-3-7-13-20)28(29-18)21-14-8-9-15-22(21)30(27(28)34)16-19-10-4-2-5-11-19/h2-15,18,23-24,29H,16-17H2,1H3/t18-,23-,24+,28+/m1/s1. The van der Waals surface area contributed by atoms with Crippen molar-refractivity contribution in [1.82, 2.24) is 10.2 Å². The van der Waals surface area contributed by atoms with Crippen LogP contribution in [0.3, 0.4) is 0 Å². The highest BCUT2D eigenvalue weighted by molar-refractivity contribution is 6.16. The number of anilines is 1. The number of hydrogen-bond acceptors (Lipinski definition) is 4. The maximum atomic E-state index is 14.2. The number of carbonyl (C=O) groups is 3. The molecule has 6 nitrogen and oxygen atoms in total. The summed E-state index contributed by atoms with van der Waals surface area (Å²) >= 11 is 0. The lowest BCUT2D eigenvalue weighted by molar-refractivity contribution is -0.143. The predicted molar refractivity (Wildman–Crippen MR) is 127 cm³/mol. The number of nitrogens with zero attached hydrogens (tertiary/aromatic N) is 2. The molecule has 0 aromatic heterocycles. The second-order valence-corrected chi connectivity index (χ2v) is 9.39.